The highest BCUT2D eigenvalue weighted by Gasteiger charge is 2.19. The van der Waals surface area contributed by atoms with E-state index in [1.807, 2.05) is 31.2 Å². The lowest BCUT2D eigenvalue weighted by atomic mass is 10.0. The first-order valence-corrected chi connectivity index (χ1v) is 12.6. The summed E-state index contributed by atoms with van der Waals surface area (Å²) in [6.07, 6.45) is 5.13. The van der Waals surface area contributed by atoms with E-state index in [4.69, 9.17) is 0 Å². The van der Waals surface area contributed by atoms with Crippen molar-refractivity contribution in [3.8, 4) is 33.1 Å². The van der Waals surface area contributed by atoms with E-state index in [0.717, 1.165) is 33.5 Å². The molecule has 0 saturated carbocycles. The molecule has 6 rings (SSSR count). The summed E-state index contributed by atoms with van der Waals surface area (Å²) in [4.78, 5) is 30.2. The van der Waals surface area contributed by atoms with E-state index in [2.05, 4.69) is 35.5 Å². The molecule has 0 spiro atoms. The van der Waals surface area contributed by atoms with Crippen LogP contribution in [0.4, 0.5) is 4.39 Å². The smallest absolute Gasteiger partial charge is 0.178 e. The number of hydrogen-bond acceptors (Lipinski definition) is 7. The molecule has 5 aromatic heterocycles. The second-order valence-electron chi connectivity index (χ2n) is 8.67. The van der Waals surface area contributed by atoms with E-state index in [0.29, 0.717) is 45.2 Å². The molecule has 0 unspecified atom stereocenters. The highest BCUT2D eigenvalue weighted by atomic mass is 32.1. The molecule has 10 heteroatoms. The van der Waals surface area contributed by atoms with Gasteiger partial charge in [0, 0.05) is 58.2 Å². The number of imidazole rings is 1. The molecule has 184 valence electrons. The van der Waals surface area contributed by atoms with Crippen molar-refractivity contribution in [2.75, 3.05) is 6.54 Å². The lowest BCUT2D eigenvalue weighted by Gasteiger charge is -2.07. The number of Topliss-reactive ketones (excluding diaryl/α,β-unsaturated/α-hetero) is 1. The Balaban J connectivity index is 1.45. The molecule has 0 amide bonds. The van der Waals surface area contributed by atoms with Gasteiger partial charge in [-0.15, -0.1) is 11.3 Å². The van der Waals surface area contributed by atoms with Gasteiger partial charge in [0.05, 0.1) is 15.9 Å². The number of nitrogens with zero attached hydrogens (tertiary/aromatic N) is 4. The summed E-state index contributed by atoms with van der Waals surface area (Å²) < 4.78 is 15.1. The zero-order valence-electron chi connectivity index (χ0n) is 20.1. The minimum atomic E-state index is -0.363. The van der Waals surface area contributed by atoms with Crippen LogP contribution in [0.3, 0.4) is 0 Å². The SMILES string of the molecule is CCNCc1cncc(-c2cc3c(-c4nc5nccc(-c6ccc(C(C)=O)s6)c5[nH]4)n[nH]c3cc2F)c1. The Hall–Kier alpha value is -4.28. The number of H-pyrrole nitrogens is 2. The highest BCUT2D eigenvalue weighted by Crippen LogP contribution is 2.35. The zero-order valence-corrected chi connectivity index (χ0v) is 20.9. The number of nitrogens with one attached hydrogen (secondary N) is 3. The third-order valence-electron chi connectivity index (χ3n) is 6.17. The Bertz CT molecular complexity index is 1780. The minimum absolute atomic E-state index is 0.0280. The van der Waals surface area contributed by atoms with Gasteiger partial charge in [-0.2, -0.15) is 5.10 Å². The van der Waals surface area contributed by atoms with Crippen LogP contribution in [0.25, 0.3) is 55.2 Å². The molecule has 6 aromatic rings. The van der Waals surface area contributed by atoms with Gasteiger partial charge in [-0.25, -0.2) is 14.4 Å². The van der Waals surface area contributed by atoms with Crippen LogP contribution in [-0.4, -0.2) is 42.5 Å². The fraction of sp³-hybridized carbons (Fsp3) is 0.148. The molecule has 0 atom stereocenters. The predicted molar refractivity (Wildman–Crippen MR) is 143 cm³/mol. The van der Waals surface area contributed by atoms with E-state index in [1.165, 1.54) is 17.4 Å². The number of carbonyl (C=O) groups excluding carboxylic acids is 1. The monoisotopic (exact) mass is 511 g/mol. The summed E-state index contributed by atoms with van der Waals surface area (Å²) in [6, 6.07) is 10.8. The first-order valence-electron chi connectivity index (χ1n) is 11.8. The van der Waals surface area contributed by atoms with Gasteiger partial charge in [0.1, 0.15) is 11.5 Å². The largest absolute Gasteiger partial charge is 0.335 e. The van der Waals surface area contributed by atoms with Crippen molar-refractivity contribution in [1.82, 2.24) is 35.5 Å². The number of halogens is 1. The lowest BCUT2D eigenvalue weighted by Crippen LogP contribution is -2.11. The van der Waals surface area contributed by atoms with Crippen molar-refractivity contribution in [2.45, 2.75) is 20.4 Å². The molecular weight excluding hydrogens is 489 g/mol. The molecular formula is C27H22FN7OS. The van der Waals surface area contributed by atoms with Crippen molar-refractivity contribution in [3.63, 3.8) is 0 Å². The first kappa shape index (κ1) is 23.1. The van der Waals surface area contributed by atoms with Gasteiger partial charge >= 0.3 is 0 Å². The molecule has 37 heavy (non-hydrogen) atoms. The van der Waals surface area contributed by atoms with Gasteiger partial charge < -0.3 is 10.3 Å². The molecule has 0 fully saturated rings. The summed E-state index contributed by atoms with van der Waals surface area (Å²) in [5.74, 6) is 0.180. The number of thiophene rings is 1. The summed E-state index contributed by atoms with van der Waals surface area (Å²) in [5.41, 5.74) is 5.40. The van der Waals surface area contributed by atoms with Gasteiger partial charge in [0.25, 0.3) is 0 Å². The van der Waals surface area contributed by atoms with Crippen LogP contribution in [-0.2, 0) is 6.54 Å². The number of aromatic amines is 2. The third kappa shape index (κ3) is 4.20. The van der Waals surface area contributed by atoms with Crippen LogP contribution < -0.4 is 5.32 Å². The number of ketones is 1. The number of fused-ring (bicyclic) bond motifs is 2. The maximum atomic E-state index is 15.1. The maximum Gasteiger partial charge on any atom is 0.178 e. The van der Waals surface area contributed by atoms with Gasteiger partial charge in [-0.1, -0.05) is 6.92 Å². The van der Waals surface area contributed by atoms with Crippen molar-refractivity contribution >= 4 is 39.2 Å². The number of hydrogen-bond donors (Lipinski definition) is 3. The standard InChI is InChI=1S/C27H22FN7OS/c1-3-29-11-15-8-16(13-30-12-15)18-9-19-21(10-20(18)28)34-35-25(19)27-32-24-17(6-7-31-26(24)33-27)23-5-4-22(37-23)14(2)36/h4-10,12-13,29H,3,11H2,1-2H3,(H,34,35)(H,31,32,33). The van der Waals surface area contributed by atoms with Gasteiger partial charge in [0.15, 0.2) is 17.3 Å². The van der Waals surface area contributed by atoms with Crippen molar-refractivity contribution in [3.05, 3.63) is 71.2 Å². The molecule has 8 nitrogen and oxygen atoms in total. The summed E-state index contributed by atoms with van der Waals surface area (Å²) in [6.45, 7) is 5.08. The van der Waals surface area contributed by atoms with Crippen molar-refractivity contribution in [2.24, 2.45) is 0 Å². The van der Waals surface area contributed by atoms with Gasteiger partial charge in [0.2, 0.25) is 0 Å². The van der Waals surface area contributed by atoms with E-state index >= 15 is 4.39 Å². The molecule has 0 aliphatic heterocycles. The molecule has 3 N–H and O–H groups in total. The second kappa shape index (κ2) is 9.30. The topological polar surface area (TPSA) is 112 Å². The number of rotatable bonds is 7. The second-order valence-corrected chi connectivity index (χ2v) is 9.76. The van der Waals surface area contributed by atoms with Crippen LogP contribution in [0.5, 0.6) is 0 Å². The van der Waals surface area contributed by atoms with Crippen molar-refractivity contribution in [1.29, 1.82) is 0 Å². The van der Waals surface area contributed by atoms with E-state index < -0.39 is 0 Å². The molecule has 0 bridgehead atoms. The summed E-state index contributed by atoms with van der Waals surface area (Å²) in [7, 11) is 0. The fourth-order valence-electron chi connectivity index (χ4n) is 4.34. The minimum Gasteiger partial charge on any atom is -0.335 e. The van der Waals surface area contributed by atoms with Crippen LogP contribution in [0.2, 0.25) is 0 Å². The highest BCUT2D eigenvalue weighted by molar-refractivity contribution is 7.17. The van der Waals surface area contributed by atoms with Crippen molar-refractivity contribution < 1.29 is 9.18 Å². The molecule has 0 aliphatic carbocycles. The Labute approximate surface area is 215 Å². The maximum absolute atomic E-state index is 15.1. The third-order valence-corrected chi connectivity index (χ3v) is 7.39. The zero-order chi connectivity index (χ0) is 25.5. The van der Waals surface area contributed by atoms with Crippen LogP contribution >= 0.6 is 11.3 Å². The van der Waals surface area contributed by atoms with Gasteiger partial charge in [-0.05, 0) is 49.4 Å². The predicted octanol–water partition coefficient (Wildman–Crippen LogP) is 5.74. The average Bonchev–Trinajstić information content (AvgIpc) is 3.64. The quantitative estimate of drug-likeness (QED) is 0.236. The Morgan fingerprint density at radius 1 is 1.14 bits per heavy atom. The first-order chi connectivity index (χ1) is 18.0. The molecule has 0 saturated heterocycles. The Morgan fingerprint density at radius 2 is 2.03 bits per heavy atom. The molecule has 0 aliphatic rings. The molecule has 1 aromatic carbocycles. The van der Waals surface area contributed by atoms with Crippen LogP contribution in [0.1, 0.15) is 29.1 Å². The van der Waals surface area contributed by atoms with E-state index in [9.17, 15) is 4.79 Å². The Morgan fingerprint density at radius 3 is 2.84 bits per heavy atom. The fourth-order valence-corrected chi connectivity index (χ4v) is 5.27. The number of pyridine rings is 2. The number of carbonyl (C=O) groups is 1. The van der Waals surface area contributed by atoms with Gasteiger partial charge in [-0.3, -0.25) is 14.9 Å². The van der Waals surface area contributed by atoms with Crippen LogP contribution in [0.15, 0.2) is 55.0 Å². The van der Waals surface area contributed by atoms with Crippen LogP contribution in [0, 0.1) is 5.82 Å². The summed E-state index contributed by atoms with van der Waals surface area (Å²) >= 11 is 1.43. The molecule has 5 heterocycles. The van der Waals surface area contributed by atoms with E-state index in [-0.39, 0.29) is 11.6 Å². The molecule has 0 radical (unpaired) electrons. The average molecular weight is 512 g/mol. The normalized spacial score (nSPS) is 11.5. The lowest BCUT2D eigenvalue weighted by molar-refractivity contribution is 0.102. The Kier molecular flexibility index (Phi) is 5.82. The number of aromatic nitrogens is 6. The summed E-state index contributed by atoms with van der Waals surface area (Å²) in [5, 5.41) is 11.4. The number of benzene rings is 1. The van der Waals surface area contributed by atoms with E-state index in [1.54, 1.807) is 31.6 Å².